The summed E-state index contributed by atoms with van der Waals surface area (Å²) in [5.41, 5.74) is 8.53. The minimum atomic E-state index is 0.127. The number of aliphatic hydroxyl groups is 1. The third-order valence-electron chi connectivity index (χ3n) is 2.80. The van der Waals surface area contributed by atoms with Gasteiger partial charge in [-0.1, -0.05) is 18.2 Å². The number of anilines is 1. The highest BCUT2D eigenvalue weighted by atomic mass is 16.3. The number of hydrogen-bond donors (Lipinski definition) is 2. The Hall–Kier alpha value is -1.87. The first-order valence-electron chi connectivity index (χ1n) is 5.68. The van der Waals surface area contributed by atoms with Crippen molar-refractivity contribution in [2.24, 2.45) is 0 Å². The summed E-state index contributed by atoms with van der Waals surface area (Å²) in [6.07, 6.45) is 2.44. The number of rotatable bonds is 4. The maximum absolute atomic E-state index is 9.16. The summed E-state index contributed by atoms with van der Waals surface area (Å²) in [5.74, 6) is 0.127. The van der Waals surface area contributed by atoms with Gasteiger partial charge in [-0.15, -0.1) is 0 Å². The van der Waals surface area contributed by atoms with Crippen molar-refractivity contribution in [3.63, 3.8) is 0 Å². The molecule has 1 unspecified atom stereocenters. The predicted molar refractivity (Wildman–Crippen MR) is 68.6 cm³/mol. The smallest absolute Gasteiger partial charge is 0.0479 e. The molecule has 1 aromatic heterocycles. The minimum absolute atomic E-state index is 0.127. The van der Waals surface area contributed by atoms with Gasteiger partial charge in [0.2, 0.25) is 0 Å². The molecule has 0 saturated carbocycles. The molecule has 2 aromatic rings. The summed E-state index contributed by atoms with van der Waals surface area (Å²) in [6.45, 7) is 0.144. The normalized spacial score (nSPS) is 12.3. The van der Waals surface area contributed by atoms with E-state index in [0.717, 1.165) is 16.9 Å². The zero-order valence-electron chi connectivity index (χ0n) is 9.58. The van der Waals surface area contributed by atoms with Crippen LogP contribution in [0, 0.1) is 0 Å². The second-order valence-electron chi connectivity index (χ2n) is 3.99. The predicted octanol–water partition coefficient (Wildman–Crippen LogP) is 2.18. The lowest BCUT2D eigenvalue weighted by atomic mass is 9.92. The summed E-state index contributed by atoms with van der Waals surface area (Å²) >= 11 is 0. The largest absolute Gasteiger partial charge is 0.399 e. The molecule has 0 saturated heterocycles. The monoisotopic (exact) mass is 228 g/mol. The third kappa shape index (κ3) is 2.82. The second-order valence-corrected chi connectivity index (χ2v) is 3.99. The Morgan fingerprint density at radius 1 is 1.12 bits per heavy atom. The molecule has 0 aliphatic rings. The van der Waals surface area contributed by atoms with Crippen LogP contribution in [0.3, 0.4) is 0 Å². The molecule has 1 heterocycles. The first-order chi connectivity index (χ1) is 8.31. The fraction of sp³-hybridized carbons (Fsp3) is 0.214. The fourth-order valence-corrected chi connectivity index (χ4v) is 1.92. The maximum atomic E-state index is 9.16. The Kier molecular flexibility index (Phi) is 3.73. The maximum Gasteiger partial charge on any atom is 0.0479 e. The molecular weight excluding hydrogens is 212 g/mol. The summed E-state index contributed by atoms with van der Waals surface area (Å²) < 4.78 is 0. The Labute approximate surface area is 101 Å². The third-order valence-corrected chi connectivity index (χ3v) is 2.80. The standard InChI is InChI=1S/C14H16N2O/c15-12-6-4-11(5-7-12)13(8-10-17)14-3-1-2-9-16-14/h1-7,9,13,17H,8,10,15H2. The summed E-state index contributed by atoms with van der Waals surface area (Å²) in [4.78, 5) is 4.35. The Morgan fingerprint density at radius 3 is 2.47 bits per heavy atom. The van der Waals surface area contributed by atoms with Crippen molar-refractivity contribution in [3.8, 4) is 0 Å². The lowest BCUT2D eigenvalue weighted by Crippen LogP contribution is -2.05. The molecule has 0 fully saturated rings. The molecule has 0 bridgehead atoms. The molecule has 3 heteroatoms. The number of hydrogen-bond acceptors (Lipinski definition) is 3. The van der Waals surface area contributed by atoms with Crippen molar-refractivity contribution < 1.29 is 5.11 Å². The molecule has 88 valence electrons. The van der Waals surface area contributed by atoms with Crippen LogP contribution in [0.1, 0.15) is 23.6 Å². The van der Waals surface area contributed by atoms with Gasteiger partial charge in [0.1, 0.15) is 0 Å². The zero-order chi connectivity index (χ0) is 12.1. The molecule has 0 radical (unpaired) electrons. The molecule has 3 nitrogen and oxygen atoms in total. The van der Waals surface area contributed by atoms with E-state index in [1.807, 2.05) is 42.5 Å². The van der Waals surface area contributed by atoms with Crippen molar-refractivity contribution in [3.05, 3.63) is 59.9 Å². The molecule has 0 aliphatic heterocycles. The van der Waals surface area contributed by atoms with E-state index in [4.69, 9.17) is 10.8 Å². The lowest BCUT2D eigenvalue weighted by Gasteiger charge is -2.15. The molecule has 0 aliphatic carbocycles. The van der Waals surface area contributed by atoms with Crippen LogP contribution in [0.4, 0.5) is 5.69 Å². The molecule has 2 rings (SSSR count). The molecule has 1 aromatic carbocycles. The number of nitrogens with zero attached hydrogens (tertiary/aromatic N) is 1. The summed E-state index contributed by atoms with van der Waals surface area (Å²) in [5, 5.41) is 9.16. The SMILES string of the molecule is Nc1ccc(C(CCO)c2ccccn2)cc1. The van der Waals surface area contributed by atoms with Crippen LogP contribution in [0.5, 0.6) is 0 Å². The summed E-state index contributed by atoms with van der Waals surface area (Å²) in [6, 6.07) is 13.6. The highest BCUT2D eigenvalue weighted by Crippen LogP contribution is 2.26. The van der Waals surface area contributed by atoms with Crippen molar-refractivity contribution in [1.82, 2.24) is 4.98 Å². The fourth-order valence-electron chi connectivity index (χ4n) is 1.92. The highest BCUT2D eigenvalue weighted by molar-refractivity contribution is 5.41. The Bertz CT molecular complexity index is 453. The van der Waals surface area contributed by atoms with Gasteiger partial charge >= 0.3 is 0 Å². The molecule has 1 atom stereocenters. The number of pyridine rings is 1. The van der Waals surface area contributed by atoms with Gasteiger partial charge in [0, 0.05) is 30.1 Å². The van der Waals surface area contributed by atoms with Crippen LogP contribution in [-0.2, 0) is 0 Å². The van der Waals surface area contributed by atoms with E-state index < -0.39 is 0 Å². The van der Waals surface area contributed by atoms with Crippen LogP contribution in [-0.4, -0.2) is 16.7 Å². The molecule has 3 N–H and O–H groups in total. The van der Waals surface area contributed by atoms with E-state index in [1.165, 1.54) is 0 Å². The molecular formula is C14H16N2O. The van der Waals surface area contributed by atoms with Gasteiger partial charge in [0.05, 0.1) is 0 Å². The Balaban J connectivity index is 2.32. The van der Waals surface area contributed by atoms with Crippen molar-refractivity contribution >= 4 is 5.69 Å². The number of aliphatic hydroxyl groups excluding tert-OH is 1. The van der Waals surface area contributed by atoms with Crippen LogP contribution in [0.2, 0.25) is 0 Å². The first kappa shape index (κ1) is 11.6. The van der Waals surface area contributed by atoms with E-state index in [1.54, 1.807) is 6.20 Å². The van der Waals surface area contributed by atoms with Gasteiger partial charge in [0.25, 0.3) is 0 Å². The van der Waals surface area contributed by atoms with Gasteiger partial charge in [-0.3, -0.25) is 4.98 Å². The first-order valence-corrected chi connectivity index (χ1v) is 5.68. The van der Waals surface area contributed by atoms with Crippen LogP contribution in [0.15, 0.2) is 48.7 Å². The van der Waals surface area contributed by atoms with E-state index in [-0.39, 0.29) is 12.5 Å². The Morgan fingerprint density at radius 2 is 1.88 bits per heavy atom. The highest BCUT2D eigenvalue weighted by Gasteiger charge is 2.14. The average Bonchev–Trinajstić information content (AvgIpc) is 2.38. The van der Waals surface area contributed by atoms with Crippen molar-refractivity contribution in [2.75, 3.05) is 12.3 Å². The topological polar surface area (TPSA) is 59.1 Å². The summed E-state index contributed by atoms with van der Waals surface area (Å²) in [7, 11) is 0. The van der Waals surface area contributed by atoms with E-state index in [2.05, 4.69) is 4.98 Å². The van der Waals surface area contributed by atoms with Crippen LogP contribution in [0.25, 0.3) is 0 Å². The van der Waals surface area contributed by atoms with Gasteiger partial charge in [-0.05, 0) is 36.2 Å². The zero-order valence-corrected chi connectivity index (χ0v) is 9.58. The average molecular weight is 228 g/mol. The number of nitrogen functional groups attached to an aromatic ring is 1. The van der Waals surface area contributed by atoms with Crippen LogP contribution >= 0.6 is 0 Å². The number of nitrogens with two attached hydrogens (primary N) is 1. The van der Waals surface area contributed by atoms with E-state index in [0.29, 0.717) is 6.42 Å². The molecule has 17 heavy (non-hydrogen) atoms. The van der Waals surface area contributed by atoms with Crippen molar-refractivity contribution in [1.29, 1.82) is 0 Å². The van der Waals surface area contributed by atoms with Gasteiger partial charge < -0.3 is 10.8 Å². The number of benzene rings is 1. The second kappa shape index (κ2) is 5.46. The van der Waals surface area contributed by atoms with Gasteiger partial charge in [-0.25, -0.2) is 0 Å². The van der Waals surface area contributed by atoms with Gasteiger partial charge in [-0.2, -0.15) is 0 Å². The molecule has 0 spiro atoms. The minimum Gasteiger partial charge on any atom is -0.399 e. The quantitative estimate of drug-likeness (QED) is 0.788. The van der Waals surface area contributed by atoms with Gasteiger partial charge in [0.15, 0.2) is 0 Å². The van der Waals surface area contributed by atoms with E-state index >= 15 is 0 Å². The van der Waals surface area contributed by atoms with Crippen LogP contribution < -0.4 is 5.73 Å². The van der Waals surface area contributed by atoms with E-state index in [9.17, 15) is 0 Å². The molecule has 0 amide bonds. The number of aromatic nitrogens is 1. The lowest BCUT2D eigenvalue weighted by molar-refractivity contribution is 0.281. The van der Waals surface area contributed by atoms with Crippen molar-refractivity contribution in [2.45, 2.75) is 12.3 Å².